The van der Waals surface area contributed by atoms with Gasteiger partial charge in [-0.1, -0.05) is 0 Å². The van der Waals surface area contributed by atoms with Crippen LogP contribution in [0.5, 0.6) is 0 Å². The minimum absolute atomic E-state index is 0.290. The monoisotopic (exact) mass is 378 g/mol. The number of aromatic nitrogens is 2. The summed E-state index contributed by atoms with van der Waals surface area (Å²) in [5.74, 6) is -0.0360. The number of halogens is 1. The number of ether oxygens (including phenoxy) is 1. The average Bonchev–Trinajstić information content (AvgIpc) is 3.18. The fourth-order valence-electron chi connectivity index (χ4n) is 2.66. The summed E-state index contributed by atoms with van der Waals surface area (Å²) in [4.78, 5) is 24.4. The largest absolute Gasteiger partial charge is 0.383 e. The van der Waals surface area contributed by atoms with Crippen LogP contribution in [-0.2, 0) is 25.8 Å². The van der Waals surface area contributed by atoms with E-state index in [1.165, 1.54) is 23.9 Å². The lowest BCUT2D eigenvalue weighted by Crippen LogP contribution is -2.42. The summed E-state index contributed by atoms with van der Waals surface area (Å²) < 4.78 is 19.7. The Kier molecular flexibility index (Phi) is 5.58. The second-order valence-electron chi connectivity index (χ2n) is 5.94. The first kappa shape index (κ1) is 18.4. The van der Waals surface area contributed by atoms with E-state index in [0.29, 0.717) is 23.9 Å². The normalized spacial score (nSPS) is 14.0. The molecule has 1 aliphatic heterocycles. The summed E-state index contributed by atoms with van der Waals surface area (Å²) in [5.41, 5.74) is 2.34. The Morgan fingerprint density at radius 2 is 2.04 bits per heavy atom. The molecule has 0 saturated carbocycles. The van der Waals surface area contributed by atoms with E-state index in [4.69, 9.17) is 4.74 Å². The van der Waals surface area contributed by atoms with Crippen LogP contribution >= 0.6 is 11.8 Å². The zero-order chi connectivity index (χ0) is 18.7. The van der Waals surface area contributed by atoms with Crippen molar-refractivity contribution in [2.75, 3.05) is 19.0 Å². The number of hydrogen-bond acceptors (Lipinski definition) is 5. The number of benzene rings is 1. The van der Waals surface area contributed by atoms with Crippen LogP contribution in [0.4, 0.5) is 10.2 Å². The van der Waals surface area contributed by atoms with Crippen molar-refractivity contribution < 1.29 is 18.7 Å². The number of thioether (sulfide) groups is 1. The van der Waals surface area contributed by atoms with E-state index in [0.717, 1.165) is 17.0 Å². The fourth-order valence-corrected chi connectivity index (χ4v) is 3.69. The Morgan fingerprint density at radius 3 is 2.73 bits per heavy atom. The van der Waals surface area contributed by atoms with E-state index in [9.17, 15) is 14.0 Å². The number of nitrogens with one attached hydrogen (secondary N) is 2. The first-order chi connectivity index (χ1) is 12.5. The number of carbonyl (C=O) groups is 2. The Labute approximate surface area is 154 Å². The zero-order valence-corrected chi connectivity index (χ0v) is 15.2. The molecule has 0 saturated heterocycles. The molecule has 1 atom stereocenters. The van der Waals surface area contributed by atoms with Gasteiger partial charge < -0.3 is 15.4 Å². The van der Waals surface area contributed by atoms with Crippen molar-refractivity contribution in [1.29, 1.82) is 0 Å². The SMILES string of the molecule is COCC(C)NC(=O)C(=O)Nc1c2c(nn1-c1ccc(F)cc1)CSC2. The van der Waals surface area contributed by atoms with Gasteiger partial charge in [0.25, 0.3) is 0 Å². The van der Waals surface area contributed by atoms with Gasteiger partial charge in [0.15, 0.2) is 0 Å². The van der Waals surface area contributed by atoms with Crippen LogP contribution in [0.3, 0.4) is 0 Å². The van der Waals surface area contributed by atoms with Crippen molar-refractivity contribution in [3.05, 3.63) is 41.3 Å². The number of anilines is 1. The zero-order valence-electron chi connectivity index (χ0n) is 14.4. The Balaban J connectivity index is 1.84. The molecule has 1 aromatic carbocycles. The van der Waals surface area contributed by atoms with Gasteiger partial charge in [0.2, 0.25) is 0 Å². The lowest BCUT2D eigenvalue weighted by atomic mass is 10.2. The van der Waals surface area contributed by atoms with Crippen LogP contribution in [-0.4, -0.2) is 41.4 Å². The summed E-state index contributed by atoms with van der Waals surface area (Å²) in [5, 5.41) is 9.72. The van der Waals surface area contributed by atoms with E-state index in [2.05, 4.69) is 15.7 Å². The number of hydrogen-bond donors (Lipinski definition) is 2. The van der Waals surface area contributed by atoms with Crippen molar-refractivity contribution >= 4 is 29.4 Å². The predicted octanol–water partition coefficient (Wildman–Crippen LogP) is 1.85. The molecule has 2 N–H and O–H groups in total. The van der Waals surface area contributed by atoms with E-state index in [1.807, 2.05) is 0 Å². The van der Waals surface area contributed by atoms with Crippen molar-refractivity contribution in [2.45, 2.75) is 24.5 Å². The molecule has 1 aliphatic rings. The number of carbonyl (C=O) groups excluding carboxylic acids is 2. The van der Waals surface area contributed by atoms with Crippen LogP contribution < -0.4 is 10.6 Å². The molecule has 3 rings (SSSR count). The van der Waals surface area contributed by atoms with E-state index in [1.54, 1.807) is 30.8 Å². The number of nitrogens with zero attached hydrogens (tertiary/aromatic N) is 2. The van der Waals surface area contributed by atoms with Crippen molar-refractivity contribution in [3.8, 4) is 5.69 Å². The Hall–Kier alpha value is -2.39. The molecule has 9 heteroatoms. The van der Waals surface area contributed by atoms with Crippen LogP contribution in [0, 0.1) is 5.82 Å². The number of amides is 2. The van der Waals surface area contributed by atoms with E-state index in [-0.39, 0.29) is 11.9 Å². The molecule has 0 aliphatic carbocycles. The molecular weight excluding hydrogens is 359 g/mol. The highest BCUT2D eigenvalue weighted by molar-refractivity contribution is 7.98. The third-order valence-electron chi connectivity index (χ3n) is 3.86. The lowest BCUT2D eigenvalue weighted by molar-refractivity contribution is -0.136. The molecule has 0 fully saturated rings. The molecule has 1 unspecified atom stereocenters. The minimum atomic E-state index is -0.782. The molecule has 2 amide bonds. The van der Waals surface area contributed by atoms with Crippen LogP contribution in [0.25, 0.3) is 5.69 Å². The second kappa shape index (κ2) is 7.88. The molecule has 7 nitrogen and oxygen atoms in total. The summed E-state index contributed by atoms with van der Waals surface area (Å²) in [7, 11) is 1.52. The molecule has 26 heavy (non-hydrogen) atoms. The van der Waals surface area contributed by atoms with Crippen molar-refractivity contribution in [1.82, 2.24) is 15.1 Å². The number of rotatable bonds is 5. The molecule has 2 heterocycles. The third-order valence-corrected chi connectivity index (χ3v) is 4.83. The van der Waals surface area contributed by atoms with Gasteiger partial charge in [0.05, 0.1) is 18.0 Å². The third kappa shape index (κ3) is 3.88. The Bertz CT molecular complexity index is 822. The maximum absolute atomic E-state index is 13.2. The first-order valence-electron chi connectivity index (χ1n) is 8.05. The van der Waals surface area contributed by atoms with Gasteiger partial charge in [-0.3, -0.25) is 9.59 Å². The summed E-state index contributed by atoms with van der Waals surface area (Å²) >= 11 is 1.68. The quantitative estimate of drug-likeness (QED) is 0.776. The molecule has 1 aromatic heterocycles. The van der Waals surface area contributed by atoms with Crippen LogP contribution in [0.15, 0.2) is 24.3 Å². The standard InChI is InChI=1S/C17H19FN4O3S/c1-10(7-25-2)19-16(23)17(24)20-15-13-8-26-9-14(13)21-22(15)12-5-3-11(18)4-6-12/h3-6,10H,7-9H2,1-2H3,(H,19,23)(H,20,24). The molecule has 0 bridgehead atoms. The van der Waals surface area contributed by atoms with E-state index >= 15 is 0 Å². The fraction of sp³-hybridized carbons (Fsp3) is 0.353. The van der Waals surface area contributed by atoms with Gasteiger partial charge in [-0.05, 0) is 31.2 Å². The first-order valence-corrected chi connectivity index (χ1v) is 9.20. The van der Waals surface area contributed by atoms with Crippen LogP contribution in [0.2, 0.25) is 0 Å². The Morgan fingerprint density at radius 1 is 1.31 bits per heavy atom. The smallest absolute Gasteiger partial charge is 0.314 e. The molecule has 0 radical (unpaired) electrons. The van der Waals surface area contributed by atoms with Crippen molar-refractivity contribution in [3.63, 3.8) is 0 Å². The summed E-state index contributed by atoms with van der Waals surface area (Å²) in [6.45, 7) is 2.05. The lowest BCUT2D eigenvalue weighted by Gasteiger charge is -2.14. The van der Waals surface area contributed by atoms with Gasteiger partial charge in [-0.25, -0.2) is 9.07 Å². The molecular formula is C17H19FN4O3S. The van der Waals surface area contributed by atoms with Gasteiger partial charge in [-0.2, -0.15) is 16.9 Å². The second-order valence-corrected chi connectivity index (χ2v) is 6.92. The number of methoxy groups -OCH3 is 1. The van der Waals surface area contributed by atoms with Gasteiger partial charge >= 0.3 is 11.8 Å². The topological polar surface area (TPSA) is 85.2 Å². The maximum Gasteiger partial charge on any atom is 0.314 e. The van der Waals surface area contributed by atoms with Gasteiger partial charge in [-0.15, -0.1) is 0 Å². The molecule has 138 valence electrons. The highest BCUT2D eigenvalue weighted by Gasteiger charge is 2.26. The number of fused-ring (bicyclic) bond motifs is 1. The van der Waals surface area contributed by atoms with Crippen molar-refractivity contribution in [2.24, 2.45) is 0 Å². The minimum Gasteiger partial charge on any atom is -0.383 e. The van der Waals surface area contributed by atoms with Crippen LogP contribution in [0.1, 0.15) is 18.2 Å². The predicted molar refractivity (Wildman–Crippen MR) is 96.6 cm³/mol. The van der Waals surface area contributed by atoms with Gasteiger partial charge in [0, 0.05) is 30.2 Å². The molecule has 2 aromatic rings. The average molecular weight is 378 g/mol. The highest BCUT2D eigenvalue weighted by atomic mass is 32.2. The van der Waals surface area contributed by atoms with E-state index < -0.39 is 11.8 Å². The molecule has 0 spiro atoms. The highest BCUT2D eigenvalue weighted by Crippen LogP contribution is 2.36. The van der Waals surface area contributed by atoms with Gasteiger partial charge in [0.1, 0.15) is 11.6 Å². The maximum atomic E-state index is 13.2. The summed E-state index contributed by atoms with van der Waals surface area (Å²) in [6.07, 6.45) is 0. The summed E-state index contributed by atoms with van der Waals surface area (Å²) in [6, 6.07) is 5.49.